The Morgan fingerprint density at radius 3 is 2.07 bits per heavy atom. The summed E-state index contributed by atoms with van der Waals surface area (Å²) < 4.78 is 11.9. The largest absolute Gasteiger partial charge is 0.493 e. The number of aromatic carboxylic acids is 1. The third-order valence-corrected chi connectivity index (χ3v) is 8.14. The first kappa shape index (κ1) is 31.3. The molecule has 0 bridgehead atoms. The van der Waals surface area contributed by atoms with E-state index in [4.69, 9.17) is 9.47 Å². The van der Waals surface area contributed by atoms with E-state index >= 15 is 0 Å². The minimum atomic E-state index is -1.13. The first-order valence-electron chi connectivity index (χ1n) is 15.3. The molecule has 0 heterocycles. The Labute approximate surface area is 262 Å². The smallest absolute Gasteiger partial charge is 0.335 e. The van der Waals surface area contributed by atoms with Crippen molar-refractivity contribution in [1.82, 2.24) is 5.32 Å². The number of carboxylic acids is 2. The second kappa shape index (κ2) is 15.1. The molecule has 0 radical (unpaired) electrons. The van der Waals surface area contributed by atoms with Crippen LogP contribution in [0.3, 0.4) is 0 Å². The van der Waals surface area contributed by atoms with Gasteiger partial charge in [0.15, 0.2) is 0 Å². The number of carbonyl (C=O) groups excluding carboxylic acids is 1. The molecule has 45 heavy (non-hydrogen) atoms. The van der Waals surface area contributed by atoms with Gasteiger partial charge in [-0.2, -0.15) is 0 Å². The van der Waals surface area contributed by atoms with Crippen LogP contribution in [0.25, 0.3) is 11.1 Å². The number of amides is 1. The minimum absolute atomic E-state index is 0.00593. The zero-order chi connectivity index (χ0) is 31.6. The van der Waals surface area contributed by atoms with Crippen LogP contribution in [0, 0.1) is 5.92 Å². The van der Waals surface area contributed by atoms with Crippen molar-refractivity contribution in [2.45, 2.75) is 51.2 Å². The predicted octanol–water partition coefficient (Wildman–Crippen LogP) is 7.02. The number of carboxylic acid groups (broad SMARTS) is 2. The second-order valence-corrected chi connectivity index (χ2v) is 11.3. The van der Waals surface area contributed by atoms with Gasteiger partial charge in [0.2, 0.25) is 0 Å². The van der Waals surface area contributed by atoms with Crippen LogP contribution in [0.2, 0.25) is 0 Å². The molecule has 232 valence electrons. The van der Waals surface area contributed by atoms with Gasteiger partial charge in [0, 0.05) is 6.04 Å². The summed E-state index contributed by atoms with van der Waals surface area (Å²) in [5.41, 5.74) is 4.71. The number of benzene rings is 4. The van der Waals surface area contributed by atoms with E-state index in [2.05, 4.69) is 41.7 Å². The van der Waals surface area contributed by atoms with E-state index < -0.39 is 17.8 Å². The molecule has 0 saturated heterocycles. The van der Waals surface area contributed by atoms with Crippen LogP contribution >= 0.6 is 0 Å². The normalized spacial score (nSPS) is 16.0. The van der Waals surface area contributed by atoms with E-state index in [-0.39, 0.29) is 23.1 Å². The first-order valence-corrected chi connectivity index (χ1v) is 15.3. The summed E-state index contributed by atoms with van der Waals surface area (Å²) in [5.74, 6) is -1.65. The van der Waals surface area contributed by atoms with Gasteiger partial charge in [-0.25, -0.2) is 4.79 Å². The highest BCUT2D eigenvalue weighted by atomic mass is 16.5. The predicted molar refractivity (Wildman–Crippen MR) is 171 cm³/mol. The van der Waals surface area contributed by atoms with Gasteiger partial charge in [-0.1, -0.05) is 66.7 Å². The van der Waals surface area contributed by atoms with Gasteiger partial charge in [-0.15, -0.1) is 0 Å². The summed E-state index contributed by atoms with van der Waals surface area (Å²) in [7, 11) is 0. The van der Waals surface area contributed by atoms with E-state index in [1.54, 1.807) is 0 Å². The SMILES string of the molecule is O=C(O)c1ccc(OCCCc2ccc(OCc3ccc(-c4ccccc4)cc3)cc2)c(C(=O)N[C@H]2CC[C@@H](C(=O)O)CC2)c1. The molecule has 1 fully saturated rings. The summed E-state index contributed by atoms with van der Waals surface area (Å²) in [6, 6.07) is 30.6. The standard InChI is InChI=1S/C37H37NO7/c39-35(38-31-17-14-29(15-18-31)36(40)41)33-23-30(37(42)43)16-21-34(33)44-22-4-5-25-10-19-32(20-11-25)45-24-26-8-12-28(13-9-26)27-6-2-1-3-7-27/h1-3,6-13,16,19-21,23,29,31H,4-5,14-15,17-18,22,24H2,(H,38,39)(H,40,41)(H,42,43)/t29-,31+. The van der Waals surface area contributed by atoms with Crippen LogP contribution in [0.1, 0.15) is 63.9 Å². The van der Waals surface area contributed by atoms with Crippen molar-refractivity contribution in [2.75, 3.05) is 6.61 Å². The lowest BCUT2D eigenvalue weighted by molar-refractivity contribution is -0.142. The molecule has 3 N–H and O–H groups in total. The average molecular weight is 608 g/mol. The Bertz CT molecular complexity index is 1590. The zero-order valence-corrected chi connectivity index (χ0v) is 25.0. The van der Waals surface area contributed by atoms with Gasteiger partial charge in [0.1, 0.15) is 18.1 Å². The Kier molecular flexibility index (Phi) is 10.5. The van der Waals surface area contributed by atoms with Crippen LogP contribution in [-0.2, 0) is 17.8 Å². The minimum Gasteiger partial charge on any atom is -0.493 e. The number of rotatable bonds is 13. The van der Waals surface area contributed by atoms with Crippen LogP contribution in [0.5, 0.6) is 11.5 Å². The van der Waals surface area contributed by atoms with Gasteiger partial charge in [-0.05, 0) is 91.1 Å². The molecule has 8 nitrogen and oxygen atoms in total. The molecular formula is C37H37NO7. The van der Waals surface area contributed by atoms with Gasteiger partial charge < -0.3 is 25.0 Å². The number of aryl methyl sites for hydroxylation is 1. The van der Waals surface area contributed by atoms with Crippen LogP contribution < -0.4 is 14.8 Å². The molecule has 8 heteroatoms. The molecular weight excluding hydrogens is 570 g/mol. The Morgan fingerprint density at radius 2 is 1.40 bits per heavy atom. The van der Waals surface area contributed by atoms with Gasteiger partial charge in [0.05, 0.1) is 23.7 Å². The highest BCUT2D eigenvalue weighted by molar-refractivity contribution is 6.00. The Balaban J connectivity index is 1.09. The number of hydrogen-bond donors (Lipinski definition) is 3. The molecule has 1 amide bonds. The van der Waals surface area contributed by atoms with Gasteiger partial charge >= 0.3 is 11.9 Å². The summed E-state index contributed by atoms with van der Waals surface area (Å²) in [6.45, 7) is 0.816. The third-order valence-electron chi connectivity index (χ3n) is 8.14. The highest BCUT2D eigenvalue weighted by Gasteiger charge is 2.27. The number of ether oxygens (including phenoxy) is 2. The maximum Gasteiger partial charge on any atom is 0.335 e. The van der Waals surface area contributed by atoms with Crippen molar-refractivity contribution in [1.29, 1.82) is 0 Å². The molecule has 1 aliphatic carbocycles. The fourth-order valence-corrected chi connectivity index (χ4v) is 5.52. The van der Waals surface area contributed by atoms with E-state index in [9.17, 15) is 24.6 Å². The third kappa shape index (κ3) is 8.72. The molecule has 0 aromatic heterocycles. The summed E-state index contributed by atoms with van der Waals surface area (Å²) in [6.07, 6.45) is 3.55. The average Bonchev–Trinajstić information content (AvgIpc) is 3.07. The molecule has 0 unspecified atom stereocenters. The van der Waals surface area contributed by atoms with Gasteiger partial charge in [0.25, 0.3) is 5.91 Å². The summed E-state index contributed by atoms with van der Waals surface area (Å²) >= 11 is 0. The monoisotopic (exact) mass is 607 g/mol. The second-order valence-electron chi connectivity index (χ2n) is 11.3. The fraction of sp³-hybridized carbons (Fsp3) is 0.270. The van der Waals surface area contributed by atoms with Crippen LogP contribution in [0.4, 0.5) is 0 Å². The maximum absolute atomic E-state index is 13.1. The van der Waals surface area contributed by atoms with Crippen molar-refractivity contribution in [2.24, 2.45) is 5.92 Å². The van der Waals surface area contributed by atoms with Crippen molar-refractivity contribution in [3.8, 4) is 22.6 Å². The quantitative estimate of drug-likeness (QED) is 0.140. The molecule has 4 aromatic carbocycles. The topological polar surface area (TPSA) is 122 Å². The van der Waals surface area contributed by atoms with E-state index in [1.165, 1.54) is 29.3 Å². The van der Waals surface area contributed by atoms with Crippen molar-refractivity contribution in [3.05, 3.63) is 119 Å². The van der Waals surface area contributed by atoms with Crippen molar-refractivity contribution >= 4 is 17.8 Å². The van der Waals surface area contributed by atoms with Gasteiger partial charge in [-0.3, -0.25) is 9.59 Å². The summed E-state index contributed by atoms with van der Waals surface area (Å²) in [4.78, 5) is 35.9. The maximum atomic E-state index is 13.1. The van der Waals surface area contributed by atoms with Crippen molar-refractivity contribution < 1.29 is 34.1 Å². The lowest BCUT2D eigenvalue weighted by Gasteiger charge is -2.27. The van der Waals surface area contributed by atoms with E-state index in [0.29, 0.717) is 51.1 Å². The Morgan fingerprint density at radius 1 is 0.733 bits per heavy atom. The number of nitrogens with one attached hydrogen (secondary N) is 1. The van der Waals surface area contributed by atoms with Crippen LogP contribution in [-0.4, -0.2) is 40.7 Å². The zero-order valence-electron chi connectivity index (χ0n) is 25.0. The Hall–Kier alpha value is -5.11. The number of hydrogen-bond acceptors (Lipinski definition) is 5. The molecule has 0 atom stereocenters. The molecule has 5 rings (SSSR count). The lowest BCUT2D eigenvalue weighted by Crippen LogP contribution is -2.39. The molecule has 0 spiro atoms. The lowest BCUT2D eigenvalue weighted by atomic mass is 9.86. The first-order chi connectivity index (χ1) is 21.9. The number of carbonyl (C=O) groups is 3. The van der Waals surface area contributed by atoms with E-state index in [0.717, 1.165) is 23.3 Å². The fourth-order valence-electron chi connectivity index (χ4n) is 5.52. The molecule has 0 aliphatic heterocycles. The van der Waals surface area contributed by atoms with Crippen LogP contribution in [0.15, 0.2) is 97.1 Å². The summed E-state index contributed by atoms with van der Waals surface area (Å²) in [5, 5.41) is 21.6. The number of aliphatic carboxylic acids is 1. The molecule has 1 aliphatic rings. The highest BCUT2D eigenvalue weighted by Crippen LogP contribution is 2.27. The van der Waals surface area contributed by atoms with Crippen molar-refractivity contribution in [3.63, 3.8) is 0 Å². The van der Waals surface area contributed by atoms with E-state index in [1.807, 2.05) is 42.5 Å². The molecule has 4 aromatic rings. The molecule has 1 saturated carbocycles.